The van der Waals surface area contributed by atoms with E-state index in [-0.39, 0.29) is 11.9 Å². The molecule has 19 heavy (non-hydrogen) atoms. The molecule has 2 rings (SSSR count). The lowest BCUT2D eigenvalue weighted by molar-refractivity contribution is 0.464. The van der Waals surface area contributed by atoms with Crippen LogP contribution in [0.5, 0.6) is 11.5 Å². The van der Waals surface area contributed by atoms with E-state index >= 15 is 0 Å². The summed E-state index contributed by atoms with van der Waals surface area (Å²) in [5.74, 6) is 1.07. The summed E-state index contributed by atoms with van der Waals surface area (Å²) in [4.78, 5) is 0. The number of ether oxygens (including phenoxy) is 1. The summed E-state index contributed by atoms with van der Waals surface area (Å²) in [6.07, 6.45) is 0. The predicted octanol–water partition coefficient (Wildman–Crippen LogP) is 4.66. The topological polar surface area (TPSA) is 21.3 Å². The fourth-order valence-corrected chi connectivity index (χ4v) is 2.11. The Morgan fingerprint density at radius 2 is 1.95 bits per heavy atom. The number of rotatable bonds is 4. The van der Waals surface area contributed by atoms with Gasteiger partial charge >= 0.3 is 0 Å². The number of para-hydroxylation sites is 1. The molecule has 0 bridgehead atoms. The molecule has 1 unspecified atom stereocenters. The first-order chi connectivity index (χ1) is 9.11. The Morgan fingerprint density at radius 3 is 2.63 bits per heavy atom. The Kier molecular flexibility index (Phi) is 4.56. The van der Waals surface area contributed by atoms with Crippen LogP contribution in [0.15, 0.2) is 46.9 Å². The fourth-order valence-electron chi connectivity index (χ4n) is 1.75. The summed E-state index contributed by atoms with van der Waals surface area (Å²) in [5, 5.41) is 3.18. The molecule has 0 aliphatic carbocycles. The third kappa shape index (κ3) is 3.33. The fraction of sp³-hybridized carbons (Fsp3) is 0.200. The maximum absolute atomic E-state index is 13.2. The molecule has 0 fully saturated rings. The first-order valence-corrected chi connectivity index (χ1v) is 6.80. The van der Waals surface area contributed by atoms with Crippen LogP contribution in [-0.4, -0.2) is 7.05 Å². The molecule has 0 saturated carbocycles. The Morgan fingerprint density at radius 1 is 1.21 bits per heavy atom. The number of benzene rings is 2. The van der Waals surface area contributed by atoms with Crippen LogP contribution >= 0.6 is 15.9 Å². The zero-order chi connectivity index (χ0) is 13.8. The molecule has 0 heterocycles. The first-order valence-electron chi connectivity index (χ1n) is 6.01. The molecule has 4 heteroatoms. The zero-order valence-corrected chi connectivity index (χ0v) is 12.4. The molecule has 2 aromatic carbocycles. The average molecular weight is 324 g/mol. The highest BCUT2D eigenvalue weighted by Gasteiger charge is 2.10. The lowest BCUT2D eigenvalue weighted by Gasteiger charge is -2.16. The number of hydrogen-bond acceptors (Lipinski definition) is 2. The van der Waals surface area contributed by atoms with Gasteiger partial charge < -0.3 is 10.1 Å². The van der Waals surface area contributed by atoms with Gasteiger partial charge in [0.05, 0.1) is 4.47 Å². The summed E-state index contributed by atoms with van der Waals surface area (Å²) >= 11 is 3.15. The normalized spacial score (nSPS) is 12.2. The maximum Gasteiger partial charge on any atom is 0.137 e. The van der Waals surface area contributed by atoms with E-state index in [0.717, 1.165) is 11.3 Å². The van der Waals surface area contributed by atoms with E-state index in [4.69, 9.17) is 4.74 Å². The van der Waals surface area contributed by atoms with Crippen LogP contribution in [0.3, 0.4) is 0 Å². The van der Waals surface area contributed by atoms with Gasteiger partial charge in [0.2, 0.25) is 0 Å². The van der Waals surface area contributed by atoms with Crippen molar-refractivity contribution in [2.75, 3.05) is 7.05 Å². The van der Waals surface area contributed by atoms with Gasteiger partial charge in [-0.15, -0.1) is 0 Å². The molecular formula is C15H15BrFNO. The van der Waals surface area contributed by atoms with E-state index in [9.17, 15) is 4.39 Å². The molecule has 1 N–H and O–H groups in total. The average Bonchev–Trinajstić information content (AvgIpc) is 2.43. The largest absolute Gasteiger partial charge is 0.457 e. The highest BCUT2D eigenvalue weighted by Crippen LogP contribution is 2.31. The number of hydrogen-bond donors (Lipinski definition) is 1. The second-order valence-electron chi connectivity index (χ2n) is 4.23. The summed E-state index contributed by atoms with van der Waals surface area (Å²) in [6, 6.07) is 12.6. The van der Waals surface area contributed by atoms with Crippen molar-refractivity contribution in [1.29, 1.82) is 0 Å². The van der Waals surface area contributed by atoms with Crippen LogP contribution in [0.2, 0.25) is 0 Å². The Bertz CT molecular complexity index is 574. The van der Waals surface area contributed by atoms with Gasteiger partial charge in [-0.05, 0) is 54.2 Å². The predicted molar refractivity (Wildman–Crippen MR) is 78.1 cm³/mol. The summed E-state index contributed by atoms with van der Waals surface area (Å²) < 4.78 is 19.4. The van der Waals surface area contributed by atoms with Gasteiger partial charge in [-0.25, -0.2) is 4.39 Å². The van der Waals surface area contributed by atoms with Crippen LogP contribution in [0.4, 0.5) is 4.39 Å². The molecular weight excluding hydrogens is 309 g/mol. The van der Waals surface area contributed by atoms with Crippen molar-refractivity contribution >= 4 is 15.9 Å². The van der Waals surface area contributed by atoms with Gasteiger partial charge in [0.1, 0.15) is 17.3 Å². The Hall–Kier alpha value is -1.39. The highest BCUT2D eigenvalue weighted by atomic mass is 79.9. The lowest BCUT2D eigenvalue weighted by Crippen LogP contribution is -2.13. The van der Waals surface area contributed by atoms with Crippen LogP contribution < -0.4 is 10.1 Å². The second kappa shape index (κ2) is 6.17. The van der Waals surface area contributed by atoms with E-state index < -0.39 is 0 Å². The third-order valence-electron chi connectivity index (χ3n) is 2.94. The molecule has 0 amide bonds. The van der Waals surface area contributed by atoms with Crippen molar-refractivity contribution in [3.63, 3.8) is 0 Å². The van der Waals surface area contributed by atoms with Crippen molar-refractivity contribution in [1.82, 2.24) is 5.32 Å². The first kappa shape index (κ1) is 14.0. The second-order valence-corrected chi connectivity index (χ2v) is 5.08. The number of nitrogens with one attached hydrogen (secondary N) is 1. The summed E-state index contributed by atoms with van der Waals surface area (Å²) in [6.45, 7) is 2.06. The molecule has 2 nitrogen and oxygen atoms in total. The minimum absolute atomic E-state index is 0.181. The molecule has 2 aromatic rings. The Labute approximate surface area is 120 Å². The van der Waals surface area contributed by atoms with Crippen molar-refractivity contribution in [2.24, 2.45) is 0 Å². The van der Waals surface area contributed by atoms with Crippen molar-refractivity contribution in [3.8, 4) is 11.5 Å². The standard InChI is InChI=1S/C15H15BrFNO/c1-10(18-2)12-5-3-4-6-15(12)19-11-7-8-14(17)13(16)9-11/h3-10,18H,1-2H3. The van der Waals surface area contributed by atoms with Crippen LogP contribution in [0.25, 0.3) is 0 Å². The minimum atomic E-state index is -0.302. The molecule has 1 atom stereocenters. The lowest BCUT2D eigenvalue weighted by atomic mass is 10.1. The van der Waals surface area contributed by atoms with E-state index in [0.29, 0.717) is 10.2 Å². The zero-order valence-electron chi connectivity index (χ0n) is 10.8. The molecule has 0 aliphatic rings. The molecule has 100 valence electrons. The third-order valence-corrected chi connectivity index (χ3v) is 3.55. The quantitative estimate of drug-likeness (QED) is 0.883. The van der Waals surface area contributed by atoms with Crippen molar-refractivity contribution in [3.05, 3.63) is 58.3 Å². The molecule has 0 aromatic heterocycles. The van der Waals surface area contributed by atoms with Gasteiger partial charge in [-0.3, -0.25) is 0 Å². The van der Waals surface area contributed by atoms with Crippen LogP contribution in [0, 0.1) is 5.82 Å². The summed E-state index contributed by atoms with van der Waals surface area (Å²) in [7, 11) is 1.90. The molecule has 0 spiro atoms. The SMILES string of the molecule is CNC(C)c1ccccc1Oc1ccc(F)c(Br)c1. The Balaban J connectivity index is 2.30. The van der Waals surface area contributed by atoms with E-state index in [2.05, 4.69) is 28.2 Å². The van der Waals surface area contributed by atoms with Gasteiger partial charge in [0, 0.05) is 11.6 Å². The van der Waals surface area contributed by atoms with Crippen LogP contribution in [-0.2, 0) is 0 Å². The molecule has 0 radical (unpaired) electrons. The van der Waals surface area contributed by atoms with Gasteiger partial charge in [0.15, 0.2) is 0 Å². The van der Waals surface area contributed by atoms with E-state index in [1.807, 2.05) is 31.3 Å². The van der Waals surface area contributed by atoms with Crippen molar-refractivity contribution < 1.29 is 9.13 Å². The maximum atomic E-state index is 13.2. The van der Waals surface area contributed by atoms with Gasteiger partial charge in [-0.1, -0.05) is 18.2 Å². The van der Waals surface area contributed by atoms with E-state index in [1.165, 1.54) is 6.07 Å². The highest BCUT2D eigenvalue weighted by molar-refractivity contribution is 9.10. The molecule has 0 saturated heterocycles. The van der Waals surface area contributed by atoms with Gasteiger partial charge in [-0.2, -0.15) is 0 Å². The summed E-state index contributed by atoms with van der Waals surface area (Å²) in [5.41, 5.74) is 1.06. The monoisotopic (exact) mass is 323 g/mol. The smallest absolute Gasteiger partial charge is 0.137 e. The van der Waals surface area contributed by atoms with E-state index in [1.54, 1.807) is 12.1 Å². The molecule has 0 aliphatic heterocycles. The van der Waals surface area contributed by atoms with Crippen molar-refractivity contribution in [2.45, 2.75) is 13.0 Å². The minimum Gasteiger partial charge on any atom is -0.457 e. The van der Waals surface area contributed by atoms with Crippen LogP contribution in [0.1, 0.15) is 18.5 Å². The van der Waals surface area contributed by atoms with Gasteiger partial charge in [0.25, 0.3) is 0 Å². The number of halogens is 2.